The minimum Gasteiger partial charge on any atom is -0.336 e. The van der Waals surface area contributed by atoms with Gasteiger partial charge in [-0.25, -0.2) is 0 Å². The zero-order valence-electron chi connectivity index (χ0n) is 11.5. The summed E-state index contributed by atoms with van der Waals surface area (Å²) in [5.74, 6) is 0. The maximum absolute atomic E-state index is 6.33. The molecule has 102 valence electrons. The number of rotatable bonds is 2. The summed E-state index contributed by atoms with van der Waals surface area (Å²) in [6, 6.07) is 25.1. The van der Waals surface area contributed by atoms with Crippen LogP contribution in [0, 0.1) is 0 Å². The number of benzene rings is 3. The average molecular weight is 292 g/mol. The van der Waals surface area contributed by atoms with Crippen molar-refractivity contribution in [3.63, 3.8) is 0 Å². The maximum Gasteiger partial charge on any atom is 0.0496 e. The third kappa shape index (κ3) is 2.01. The minimum atomic E-state index is 0.785. The highest BCUT2D eigenvalue weighted by Crippen LogP contribution is 2.30. The third-order valence-electron chi connectivity index (χ3n) is 3.97. The van der Waals surface area contributed by atoms with E-state index >= 15 is 0 Å². The van der Waals surface area contributed by atoms with E-state index in [-0.39, 0.29) is 0 Å². The van der Waals surface area contributed by atoms with Gasteiger partial charge in [0.05, 0.1) is 0 Å². The lowest BCUT2D eigenvalue weighted by atomic mass is 10.2. The summed E-state index contributed by atoms with van der Waals surface area (Å²) in [5.41, 5.74) is 3.64. The van der Waals surface area contributed by atoms with Gasteiger partial charge in [0, 0.05) is 33.4 Å². The van der Waals surface area contributed by atoms with Gasteiger partial charge in [0.25, 0.3) is 0 Å². The molecule has 0 bridgehead atoms. The van der Waals surface area contributed by atoms with Gasteiger partial charge >= 0.3 is 0 Å². The normalized spacial score (nSPS) is 11.3. The molecule has 0 spiro atoms. The first-order valence-electron chi connectivity index (χ1n) is 7.04. The van der Waals surface area contributed by atoms with Crippen molar-refractivity contribution in [1.29, 1.82) is 0 Å². The van der Waals surface area contributed by atoms with E-state index in [4.69, 9.17) is 11.6 Å². The molecular weight excluding hydrogens is 278 g/mol. The third-order valence-corrected chi connectivity index (χ3v) is 4.33. The number of hydrogen-bond acceptors (Lipinski definition) is 0. The van der Waals surface area contributed by atoms with Gasteiger partial charge in [-0.05, 0) is 23.8 Å². The van der Waals surface area contributed by atoms with Crippen LogP contribution in [0.1, 0.15) is 5.56 Å². The fraction of sp³-hybridized carbons (Fsp3) is 0.0526. The molecule has 1 aromatic heterocycles. The van der Waals surface area contributed by atoms with Crippen LogP contribution >= 0.6 is 11.6 Å². The summed E-state index contributed by atoms with van der Waals surface area (Å²) < 4.78 is 2.34. The Morgan fingerprint density at radius 3 is 1.81 bits per heavy atom. The van der Waals surface area contributed by atoms with Gasteiger partial charge < -0.3 is 4.57 Å². The van der Waals surface area contributed by atoms with Gasteiger partial charge in [0.1, 0.15) is 0 Å². The number of aromatic nitrogens is 1. The van der Waals surface area contributed by atoms with Gasteiger partial charge in [-0.1, -0.05) is 66.2 Å². The Hall–Kier alpha value is -2.25. The van der Waals surface area contributed by atoms with Crippen molar-refractivity contribution < 1.29 is 0 Å². The molecule has 0 saturated carbocycles. The van der Waals surface area contributed by atoms with E-state index < -0.39 is 0 Å². The Balaban J connectivity index is 2.00. The molecule has 1 nitrogen and oxygen atoms in total. The Labute approximate surface area is 128 Å². The lowest BCUT2D eigenvalue weighted by Gasteiger charge is -2.09. The van der Waals surface area contributed by atoms with E-state index in [0.29, 0.717) is 0 Å². The Kier molecular flexibility index (Phi) is 2.94. The summed E-state index contributed by atoms with van der Waals surface area (Å²) in [6.07, 6.45) is 0. The summed E-state index contributed by atoms with van der Waals surface area (Å²) in [5, 5.41) is 3.40. The van der Waals surface area contributed by atoms with Crippen LogP contribution in [-0.4, -0.2) is 4.57 Å². The van der Waals surface area contributed by atoms with Crippen molar-refractivity contribution in [2.24, 2.45) is 0 Å². The zero-order chi connectivity index (χ0) is 14.2. The van der Waals surface area contributed by atoms with E-state index in [2.05, 4.69) is 59.2 Å². The summed E-state index contributed by atoms with van der Waals surface area (Å²) >= 11 is 6.33. The van der Waals surface area contributed by atoms with Gasteiger partial charge in [-0.2, -0.15) is 0 Å². The number of hydrogen-bond donors (Lipinski definition) is 0. The highest BCUT2D eigenvalue weighted by atomic mass is 35.5. The van der Waals surface area contributed by atoms with Crippen LogP contribution in [0.25, 0.3) is 21.8 Å². The molecule has 0 amide bonds. The van der Waals surface area contributed by atoms with Crippen molar-refractivity contribution >= 4 is 33.4 Å². The molecule has 3 aromatic carbocycles. The average Bonchev–Trinajstić information content (AvgIpc) is 2.85. The van der Waals surface area contributed by atoms with E-state index in [9.17, 15) is 0 Å². The van der Waals surface area contributed by atoms with Crippen molar-refractivity contribution in [2.45, 2.75) is 6.54 Å². The minimum absolute atomic E-state index is 0.785. The van der Waals surface area contributed by atoms with Crippen molar-refractivity contribution in [2.75, 3.05) is 0 Å². The molecule has 0 aliphatic carbocycles. The molecule has 0 saturated heterocycles. The molecule has 0 aliphatic heterocycles. The highest BCUT2D eigenvalue weighted by Gasteiger charge is 2.10. The molecule has 0 radical (unpaired) electrons. The molecule has 1 heterocycles. The molecule has 0 fully saturated rings. The largest absolute Gasteiger partial charge is 0.336 e. The van der Waals surface area contributed by atoms with Gasteiger partial charge in [0.15, 0.2) is 0 Å². The maximum atomic E-state index is 6.33. The SMILES string of the molecule is Clc1ccccc1Cn1c2ccccc2c2ccccc21. The molecule has 0 atom stereocenters. The first-order valence-corrected chi connectivity index (χ1v) is 7.42. The van der Waals surface area contributed by atoms with Gasteiger partial charge in [0.2, 0.25) is 0 Å². The highest BCUT2D eigenvalue weighted by molar-refractivity contribution is 6.31. The second-order valence-corrected chi connectivity index (χ2v) is 5.62. The first kappa shape index (κ1) is 12.5. The molecule has 4 aromatic rings. The van der Waals surface area contributed by atoms with Crippen LogP contribution in [-0.2, 0) is 6.54 Å². The zero-order valence-corrected chi connectivity index (χ0v) is 12.2. The van der Waals surface area contributed by atoms with Crippen LogP contribution < -0.4 is 0 Å². The van der Waals surface area contributed by atoms with Gasteiger partial charge in [-0.15, -0.1) is 0 Å². The van der Waals surface area contributed by atoms with Crippen LogP contribution in [0.2, 0.25) is 5.02 Å². The quantitative estimate of drug-likeness (QED) is 0.460. The van der Waals surface area contributed by atoms with Crippen LogP contribution in [0.3, 0.4) is 0 Å². The summed E-state index contributed by atoms with van der Waals surface area (Å²) in [7, 11) is 0. The van der Waals surface area contributed by atoms with Crippen molar-refractivity contribution in [3.8, 4) is 0 Å². The van der Waals surface area contributed by atoms with Crippen LogP contribution in [0.4, 0.5) is 0 Å². The molecule has 21 heavy (non-hydrogen) atoms. The number of para-hydroxylation sites is 2. The summed E-state index contributed by atoms with van der Waals surface area (Å²) in [6.45, 7) is 0.785. The fourth-order valence-corrected chi connectivity index (χ4v) is 3.17. The second-order valence-electron chi connectivity index (χ2n) is 5.21. The Bertz CT molecular complexity index is 883. The standard InChI is InChI=1S/C19H14ClN/c20-17-10-4-1-7-14(17)13-21-18-11-5-2-8-15(18)16-9-3-6-12-19(16)21/h1-12H,13H2. The smallest absolute Gasteiger partial charge is 0.0496 e. The predicted molar refractivity (Wildman–Crippen MR) is 90.0 cm³/mol. The van der Waals surface area contributed by atoms with E-state index in [1.807, 2.05) is 18.2 Å². The number of fused-ring (bicyclic) bond motifs is 3. The lowest BCUT2D eigenvalue weighted by molar-refractivity contribution is 0.869. The molecule has 0 aliphatic rings. The number of nitrogens with zero attached hydrogens (tertiary/aromatic N) is 1. The van der Waals surface area contributed by atoms with E-state index in [1.165, 1.54) is 21.8 Å². The molecule has 0 N–H and O–H groups in total. The topological polar surface area (TPSA) is 4.93 Å². The van der Waals surface area contributed by atoms with Crippen molar-refractivity contribution in [1.82, 2.24) is 4.57 Å². The predicted octanol–water partition coefficient (Wildman–Crippen LogP) is 5.50. The van der Waals surface area contributed by atoms with Crippen LogP contribution in [0.5, 0.6) is 0 Å². The fourth-order valence-electron chi connectivity index (χ4n) is 2.97. The number of halogens is 1. The first-order chi connectivity index (χ1) is 10.3. The van der Waals surface area contributed by atoms with Gasteiger partial charge in [-0.3, -0.25) is 0 Å². The summed E-state index contributed by atoms with van der Waals surface area (Å²) in [4.78, 5) is 0. The second kappa shape index (κ2) is 4.94. The molecule has 2 heteroatoms. The van der Waals surface area contributed by atoms with E-state index in [1.54, 1.807) is 0 Å². The molecule has 4 rings (SSSR count). The van der Waals surface area contributed by atoms with Crippen molar-refractivity contribution in [3.05, 3.63) is 83.4 Å². The lowest BCUT2D eigenvalue weighted by Crippen LogP contribution is -1.99. The molecule has 0 unspecified atom stereocenters. The Morgan fingerprint density at radius 1 is 0.667 bits per heavy atom. The van der Waals surface area contributed by atoms with E-state index in [0.717, 1.165) is 17.1 Å². The molecular formula is C19H14ClN. The van der Waals surface area contributed by atoms with Crippen LogP contribution in [0.15, 0.2) is 72.8 Å². The monoisotopic (exact) mass is 291 g/mol. The Morgan fingerprint density at radius 2 is 1.19 bits per heavy atom.